The third-order valence-electron chi connectivity index (χ3n) is 5.73. The standard InChI is InChI=1S/C27H38O6/c1-6-25(30-8-3)32-22-14-10-20(11-15-22)27(5,19-18-24(28)29)21-12-16-23(17-13-21)33-26(7-2)31-9-4/h10-17,25-26H,6-9,18-19H2,1-5H3,(H,28,29). The molecule has 2 unspecified atom stereocenters. The molecule has 0 aromatic heterocycles. The number of hydrogen-bond donors (Lipinski definition) is 1. The fraction of sp³-hybridized carbons (Fsp3) is 0.519. The molecule has 6 nitrogen and oxygen atoms in total. The molecule has 0 aliphatic heterocycles. The summed E-state index contributed by atoms with van der Waals surface area (Å²) in [7, 11) is 0. The molecular weight excluding hydrogens is 420 g/mol. The molecule has 0 radical (unpaired) electrons. The predicted molar refractivity (Wildman–Crippen MR) is 129 cm³/mol. The Morgan fingerprint density at radius 3 is 1.48 bits per heavy atom. The van der Waals surface area contributed by atoms with E-state index in [1.807, 2.05) is 76.2 Å². The van der Waals surface area contributed by atoms with Gasteiger partial charge in [-0.05, 0) is 55.7 Å². The minimum atomic E-state index is -0.814. The molecule has 2 atom stereocenters. The lowest BCUT2D eigenvalue weighted by molar-refractivity contribution is -0.137. The molecule has 6 heteroatoms. The van der Waals surface area contributed by atoms with Gasteiger partial charge in [0.1, 0.15) is 11.5 Å². The molecule has 0 aliphatic rings. The maximum atomic E-state index is 11.4. The van der Waals surface area contributed by atoms with E-state index in [9.17, 15) is 9.90 Å². The van der Waals surface area contributed by atoms with Gasteiger partial charge in [-0.15, -0.1) is 0 Å². The number of carboxylic acids is 1. The number of ether oxygens (including phenoxy) is 4. The van der Waals surface area contributed by atoms with Gasteiger partial charge >= 0.3 is 5.97 Å². The van der Waals surface area contributed by atoms with E-state index >= 15 is 0 Å². The highest BCUT2D eigenvalue weighted by atomic mass is 16.7. The Morgan fingerprint density at radius 1 is 0.788 bits per heavy atom. The topological polar surface area (TPSA) is 74.2 Å². The first-order chi connectivity index (χ1) is 15.9. The number of carbonyl (C=O) groups is 1. The Morgan fingerprint density at radius 2 is 1.18 bits per heavy atom. The lowest BCUT2D eigenvalue weighted by atomic mass is 9.73. The van der Waals surface area contributed by atoms with E-state index in [0.29, 0.717) is 19.6 Å². The molecule has 1 N–H and O–H groups in total. The predicted octanol–water partition coefficient (Wildman–Crippen LogP) is 6.16. The quantitative estimate of drug-likeness (QED) is 0.322. The minimum Gasteiger partial charge on any atom is -0.481 e. The highest BCUT2D eigenvalue weighted by molar-refractivity contribution is 5.67. The monoisotopic (exact) mass is 458 g/mol. The van der Waals surface area contributed by atoms with Crippen molar-refractivity contribution < 1.29 is 28.8 Å². The molecular formula is C27H38O6. The molecule has 2 aromatic rings. The summed E-state index contributed by atoms with van der Waals surface area (Å²) in [5.41, 5.74) is 1.56. The second-order valence-corrected chi connectivity index (χ2v) is 8.10. The fourth-order valence-electron chi connectivity index (χ4n) is 3.76. The largest absolute Gasteiger partial charge is 0.481 e. The van der Waals surface area contributed by atoms with E-state index in [1.54, 1.807) is 0 Å². The van der Waals surface area contributed by atoms with Gasteiger partial charge in [0.25, 0.3) is 0 Å². The number of carboxylic acid groups (broad SMARTS) is 1. The molecule has 0 bridgehead atoms. The molecule has 33 heavy (non-hydrogen) atoms. The van der Waals surface area contributed by atoms with Crippen molar-refractivity contribution in [1.82, 2.24) is 0 Å². The van der Waals surface area contributed by atoms with Crippen molar-refractivity contribution in [2.45, 2.75) is 78.3 Å². The van der Waals surface area contributed by atoms with Crippen LogP contribution in [0.2, 0.25) is 0 Å². The van der Waals surface area contributed by atoms with Gasteiger partial charge in [0, 0.05) is 37.9 Å². The van der Waals surface area contributed by atoms with Crippen molar-refractivity contribution >= 4 is 5.97 Å². The maximum absolute atomic E-state index is 11.4. The van der Waals surface area contributed by atoms with Gasteiger partial charge in [0.05, 0.1) is 0 Å². The minimum absolute atomic E-state index is 0.0670. The SMILES string of the molecule is CCOC(CC)Oc1ccc(C(C)(CCC(=O)O)c2ccc(OC(CC)OCC)cc2)cc1. The fourth-order valence-corrected chi connectivity index (χ4v) is 3.76. The average Bonchev–Trinajstić information content (AvgIpc) is 2.82. The van der Waals surface area contributed by atoms with Crippen LogP contribution in [0.4, 0.5) is 0 Å². The summed E-state index contributed by atoms with van der Waals surface area (Å²) < 4.78 is 23.0. The summed E-state index contributed by atoms with van der Waals surface area (Å²) in [6, 6.07) is 15.7. The van der Waals surface area contributed by atoms with Crippen molar-refractivity contribution in [2.24, 2.45) is 0 Å². The zero-order valence-corrected chi connectivity index (χ0v) is 20.5. The average molecular weight is 459 g/mol. The van der Waals surface area contributed by atoms with Crippen LogP contribution in [-0.4, -0.2) is 36.9 Å². The van der Waals surface area contributed by atoms with Gasteiger partial charge in [-0.2, -0.15) is 0 Å². The Labute approximate surface area is 197 Å². The molecule has 182 valence electrons. The van der Waals surface area contributed by atoms with Crippen LogP contribution in [-0.2, 0) is 19.7 Å². The van der Waals surface area contributed by atoms with Crippen LogP contribution in [0.25, 0.3) is 0 Å². The van der Waals surface area contributed by atoms with E-state index < -0.39 is 11.4 Å². The Kier molecular flexibility index (Phi) is 10.7. The molecule has 0 aliphatic carbocycles. The first kappa shape index (κ1) is 26.7. The summed E-state index contributed by atoms with van der Waals surface area (Å²) in [5, 5.41) is 9.34. The molecule has 2 rings (SSSR count). The van der Waals surface area contributed by atoms with Gasteiger partial charge in [0.2, 0.25) is 0 Å². The van der Waals surface area contributed by atoms with Crippen LogP contribution in [0.5, 0.6) is 11.5 Å². The molecule has 2 aromatic carbocycles. The van der Waals surface area contributed by atoms with Crippen LogP contribution in [0.1, 0.15) is 71.4 Å². The highest BCUT2D eigenvalue weighted by Crippen LogP contribution is 2.38. The van der Waals surface area contributed by atoms with Crippen molar-refractivity contribution in [3.05, 3.63) is 59.7 Å². The van der Waals surface area contributed by atoms with E-state index in [2.05, 4.69) is 6.92 Å². The summed E-state index contributed by atoms with van der Waals surface area (Å²) in [6.07, 6.45) is 1.48. The molecule has 0 saturated heterocycles. The lowest BCUT2D eigenvalue weighted by Gasteiger charge is -2.31. The van der Waals surface area contributed by atoms with E-state index in [0.717, 1.165) is 35.5 Å². The van der Waals surface area contributed by atoms with Gasteiger partial charge in [-0.25, -0.2) is 0 Å². The number of benzene rings is 2. The number of rotatable bonds is 15. The maximum Gasteiger partial charge on any atom is 0.303 e. The molecule has 0 amide bonds. The molecule has 0 fully saturated rings. The van der Waals surface area contributed by atoms with Gasteiger partial charge < -0.3 is 24.1 Å². The van der Waals surface area contributed by atoms with Crippen molar-refractivity contribution in [3.8, 4) is 11.5 Å². The number of aliphatic carboxylic acids is 1. The van der Waals surface area contributed by atoms with Gasteiger partial charge in [-0.1, -0.05) is 45.0 Å². The highest BCUT2D eigenvalue weighted by Gasteiger charge is 2.30. The van der Waals surface area contributed by atoms with Crippen LogP contribution < -0.4 is 9.47 Å². The zero-order chi connectivity index (χ0) is 24.3. The van der Waals surface area contributed by atoms with Gasteiger partial charge in [-0.3, -0.25) is 4.79 Å². The molecule has 0 spiro atoms. The normalized spacial score (nSPS) is 14.8. The first-order valence-corrected chi connectivity index (χ1v) is 11.9. The second-order valence-electron chi connectivity index (χ2n) is 8.10. The van der Waals surface area contributed by atoms with Crippen LogP contribution in [0.15, 0.2) is 48.5 Å². The van der Waals surface area contributed by atoms with Crippen LogP contribution in [0.3, 0.4) is 0 Å². The second kappa shape index (κ2) is 13.2. The van der Waals surface area contributed by atoms with E-state index in [4.69, 9.17) is 18.9 Å². The lowest BCUT2D eigenvalue weighted by Crippen LogP contribution is -2.25. The Hall–Kier alpha value is -2.57. The third-order valence-corrected chi connectivity index (χ3v) is 5.73. The summed E-state index contributed by atoms with van der Waals surface area (Å²) >= 11 is 0. The molecule has 0 saturated carbocycles. The summed E-state index contributed by atoms with van der Waals surface area (Å²) in [6.45, 7) is 11.2. The number of hydrogen-bond acceptors (Lipinski definition) is 5. The van der Waals surface area contributed by atoms with Crippen molar-refractivity contribution in [1.29, 1.82) is 0 Å². The summed E-state index contributed by atoms with van der Waals surface area (Å²) in [5.74, 6) is 0.640. The van der Waals surface area contributed by atoms with Crippen molar-refractivity contribution in [3.63, 3.8) is 0 Å². The van der Waals surface area contributed by atoms with E-state index in [1.165, 1.54) is 0 Å². The Balaban J connectivity index is 2.27. The Bertz CT molecular complexity index is 771. The molecule has 0 heterocycles. The first-order valence-electron chi connectivity index (χ1n) is 11.9. The van der Waals surface area contributed by atoms with Crippen LogP contribution in [0, 0.1) is 0 Å². The van der Waals surface area contributed by atoms with Gasteiger partial charge in [0.15, 0.2) is 12.6 Å². The zero-order valence-electron chi connectivity index (χ0n) is 20.5. The smallest absolute Gasteiger partial charge is 0.303 e. The van der Waals surface area contributed by atoms with Crippen LogP contribution >= 0.6 is 0 Å². The van der Waals surface area contributed by atoms with Crippen molar-refractivity contribution in [2.75, 3.05) is 13.2 Å². The third kappa shape index (κ3) is 7.76. The van der Waals surface area contributed by atoms with E-state index in [-0.39, 0.29) is 19.0 Å². The summed E-state index contributed by atoms with van der Waals surface area (Å²) in [4.78, 5) is 11.4.